The molecule has 2 nitrogen and oxygen atoms in total. The Morgan fingerprint density at radius 3 is 2.95 bits per heavy atom. The quantitative estimate of drug-likeness (QED) is 0.642. The summed E-state index contributed by atoms with van der Waals surface area (Å²) in [5.74, 6) is 0. The SMILES string of the molecule is CCCNCC(C)=Cc1cc2cccc(C)c2nc1Cl. The van der Waals surface area contributed by atoms with Crippen LogP contribution < -0.4 is 5.32 Å². The minimum absolute atomic E-state index is 0.571. The van der Waals surface area contributed by atoms with Gasteiger partial charge in [0.25, 0.3) is 0 Å². The Labute approximate surface area is 125 Å². The summed E-state index contributed by atoms with van der Waals surface area (Å²) in [5, 5.41) is 5.09. The number of nitrogens with zero attached hydrogens (tertiary/aromatic N) is 1. The van der Waals surface area contributed by atoms with Crippen molar-refractivity contribution in [1.29, 1.82) is 0 Å². The van der Waals surface area contributed by atoms with Gasteiger partial charge in [-0.1, -0.05) is 48.4 Å². The fraction of sp³-hybridized carbons (Fsp3) is 0.353. The fourth-order valence-electron chi connectivity index (χ4n) is 2.22. The molecule has 0 fully saturated rings. The lowest BCUT2D eigenvalue weighted by Gasteiger charge is -2.07. The topological polar surface area (TPSA) is 24.9 Å². The van der Waals surface area contributed by atoms with Gasteiger partial charge in [-0.25, -0.2) is 4.98 Å². The van der Waals surface area contributed by atoms with Gasteiger partial charge >= 0.3 is 0 Å². The van der Waals surface area contributed by atoms with Gasteiger partial charge in [0.1, 0.15) is 5.15 Å². The molecule has 106 valence electrons. The van der Waals surface area contributed by atoms with E-state index in [1.165, 1.54) is 5.57 Å². The van der Waals surface area contributed by atoms with E-state index in [0.717, 1.165) is 41.5 Å². The van der Waals surface area contributed by atoms with Crippen LogP contribution in [0, 0.1) is 6.92 Å². The van der Waals surface area contributed by atoms with E-state index in [4.69, 9.17) is 11.6 Å². The molecule has 0 unspecified atom stereocenters. The summed E-state index contributed by atoms with van der Waals surface area (Å²) in [5.41, 5.74) is 4.38. The lowest BCUT2D eigenvalue weighted by Crippen LogP contribution is -2.16. The molecule has 2 rings (SSSR count). The Bertz CT molecular complexity index is 632. The molecule has 3 heteroatoms. The maximum Gasteiger partial charge on any atom is 0.137 e. The Balaban J connectivity index is 2.30. The van der Waals surface area contributed by atoms with E-state index in [-0.39, 0.29) is 0 Å². The van der Waals surface area contributed by atoms with Crippen LogP contribution in [0.3, 0.4) is 0 Å². The van der Waals surface area contributed by atoms with E-state index < -0.39 is 0 Å². The molecule has 0 spiro atoms. The molecule has 1 aromatic carbocycles. The van der Waals surface area contributed by atoms with Gasteiger partial charge < -0.3 is 5.32 Å². The van der Waals surface area contributed by atoms with Crippen molar-refractivity contribution in [3.63, 3.8) is 0 Å². The monoisotopic (exact) mass is 288 g/mol. The maximum absolute atomic E-state index is 6.30. The van der Waals surface area contributed by atoms with Crippen LogP contribution in [0.4, 0.5) is 0 Å². The zero-order valence-electron chi connectivity index (χ0n) is 12.3. The van der Waals surface area contributed by atoms with E-state index in [1.807, 2.05) is 0 Å². The Morgan fingerprint density at radius 2 is 2.20 bits per heavy atom. The summed E-state index contributed by atoms with van der Waals surface area (Å²) in [6.07, 6.45) is 3.25. The van der Waals surface area contributed by atoms with E-state index in [0.29, 0.717) is 5.15 Å². The largest absolute Gasteiger partial charge is 0.313 e. The first-order valence-electron chi connectivity index (χ1n) is 7.05. The van der Waals surface area contributed by atoms with E-state index in [2.05, 4.69) is 61.4 Å². The second-order valence-corrected chi connectivity index (χ2v) is 5.54. The third-order valence-electron chi connectivity index (χ3n) is 3.26. The molecule has 0 bridgehead atoms. The van der Waals surface area contributed by atoms with Gasteiger partial charge in [-0.15, -0.1) is 0 Å². The van der Waals surface area contributed by atoms with Crippen LogP contribution in [0.1, 0.15) is 31.4 Å². The third kappa shape index (κ3) is 3.59. The third-order valence-corrected chi connectivity index (χ3v) is 3.56. The first kappa shape index (κ1) is 15.0. The molecule has 0 atom stereocenters. The molecular formula is C17H21ClN2. The highest BCUT2D eigenvalue weighted by molar-refractivity contribution is 6.31. The van der Waals surface area contributed by atoms with Gasteiger partial charge in [-0.2, -0.15) is 0 Å². The number of aryl methyl sites for hydroxylation is 1. The van der Waals surface area contributed by atoms with Gasteiger partial charge in [0.05, 0.1) is 5.52 Å². The highest BCUT2D eigenvalue weighted by atomic mass is 35.5. The Kier molecular flexibility index (Phi) is 5.16. The zero-order valence-corrected chi connectivity index (χ0v) is 13.1. The number of pyridine rings is 1. The molecule has 0 radical (unpaired) electrons. The number of aromatic nitrogens is 1. The Hall–Kier alpha value is -1.38. The minimum Gasteiger partial charge on any atom is -0.313 e. The van der Waals surface area contributed by atoms with Crippen LogP contribution in [0.15, 0.2) is 29.8 Å². The summed E-state index contributed by atoms with van der Waals surface area (Å²) < 4.78 is 0. The molecule has 0 saturated carbocycles. The highest BCUT2D eigenvalue weighted by Crippen LogP contribution is 2.24. The van der Waals surface area contributed by atoms with Gasteiger partial charge in [0.15, 0.2) is 0 Å². The molecule has 0 aliphatic rings. The van der Waals surface area contributed by atoms with Crippen LogP contribution >= 0.6 is 11.6 Å². The van der Waals surface area contributed by atoms with Crippen molar-refractivity contribution in [1.82, 2.24) is 10.3 Å². The van der Waals surface area contributed by atoms with Crippen molar-refractivity contribution < 1.29 is 0 Å². The molecule has 0 amide bonds. The van der Waals surface area contributed by atoms with Crippen LogP contribution in [-0.2, 0) is 0 Å². The summed E-state index contributed by atoms with van der Waals surface area (Å²) in [6.45, 7) is 8.25. The predicted octanol–water partition coefficient (Wildman–Crippen LogP) is 4.60. The summed E-state index contributed by atoms with van der Waals surface area (Å²) in [4.78, 5) is 4.53. The second kappa shape index (κ2) is 6.87. The molecule has 1 aromatic heterocycles. The number of hydrogen-bond acceptors (Lipinski definition) is 2. The number of halogens is 1. The first-order valence-corrected chi connectivity index (χ1v) is 7.43. The summed E-state index contributed by atoms with van der Waals surface area (Å²) in [6, 6.07) is 8.30. The van der Waals surface area contributed by atoms with Crippen molar-refractivity contribution in [3.8, 4) is 0 Å². The average molecular weight is 289 g/mol. The molecule has 2 aromatic rings. The minimum atomic E-state index is 0.571. The smallest absolute Gasteiger partial charge is 0.137 e. The van der Waals surface area contributed by atoms with Crippen molar-refractivity contribution >= 4 is 28.6 Å². The molecule has 0 aliphatic carbocycles. The molecule has 1 heterocycles. The van der Waals surface area contributed by atoms with Crippen molar-refractivity contribution in [2.45, 2.75) is 27.2 Å². The zero-order chi connectivity index (χ0) is 14.5. The van der Waals surface area contributed by atoms with Gasteiger partial charge in [0, 0.05) is 17.5 Å². The molecule has 20 heavy (non-hydrogen) atoms. The van der Waals surface area contributed by atoms with Crippen molar-refractivity contribution in [2.75, 3.05) is 13.1 Å². The number of benzene rings is 1. The number of hydrogen-bond donors (Lipinski definition) is 1. The summed E-state index contributed by atoms with van der Waals surface area (Å²) in [7, 11) is 0. The second-order valence-electron chi connectivity index (χ2n) is 5.18. The van der Waals surface area contributed by atoms with Crippen molar-refractivity contribution in [2.24, 2.45) is 0 Å². The maximum atomic E-state index is 6.30. The van der Waals surface area contributed by atoms with E-state index in [9.17, 15) is 0 Å². The van der Waals surface area contributed by atoms with E-state index in [1.54, 1.807) is 0 Å². The standard InChI is InChI=1S/C17H21ClN2/c1-4-8-19-11-12(2)9-15-10-14-7-5-6-13(3)16(14)20-17(15)18/h5-7,9-10,19H,4,8,11H2,1-3H3. The summed E-state index contributed by atoms with van der Waals surface area (Å²) >= 11 is 6.30. The van der Waals surface area contributed by atoms with Crippen LogP contribution in [0.5, 0.6) is 0 Å². The van der Waals surface area contributed by atoms with Gasteiger partial charge in [-0.3, -0.25) is 0 Å². The number of nitrogens with one attached hydrogen (secondary N) is 1. The molecule has 0 saturated heterocycles. The van der Waals surface area contributed by atoms with Crippen LogP contribution in [0.25, 0.3) is 17.0 Å². The predicted molar refractivity (Wildman–Crippen MR) is 88.3 cm³/mol. The van der Waals surface area contributed by atoms with E-state index >= 15 is 0 Å². The number of para-hydroxylation sites is 1. The van der Waals surface area contributed by atoms with Gasteiger partial charge in [0.2, 0.25) is 0 Å². The lowest BCUT2D eigenvalue weighted by molar-refractivity contribution is 0.715. The number of rotatable bonds is 5. The van der Waals surface area contributed by atoms with Crippen LogP contribution in [-0.4, -0.2) is 18.1 Å². The number of fused-ring (bicyclic) bond motifs is 1. The van der Waals surface area contributed by atoms with Crippen molar-refractivity contribution in [3.05, 3.63) is 46.1 Å². The average Bonchev–Trinajstić information content (AvgIpc) is 2.41. The lowest BCUT2D eigenvalue weighted by atomic mass is 10.1. The molecule has 0 aliphatic heterocycles. The first-order chi connectivity index (χ1) is 9.61. The van der Waals surface area contributed by atoms with Gasteiger partial charge in [-0.05, 0) is 38.4 Å². The normalized spacial score (nSPS) is 12.1. The molecular weight excluding hydrogens is 268 g/mol. The Morgan fingerprint density at radius 1 is 1.40 bits per heavy atom. The molecule has 1 N–H and O–H groups in total. The highest BCUT2D eigenvalue weighted by Gasteiger charge is 2.05. The van der Waals surface area contributed by atoms with Crippen LogP contribution in [0.2, 0.25) is 5.15 Å². The fourth-order valence-corrected chi connectivity index (χ4v) is 2.41.